The molecule has 0 fully saturated rings. The Balaban J connectivity index is 1.66. The molecule has 0 bridgehead atoms. The van der Waals surface area contributed by atoms with Crippen LogP contribution in [0.25, 0.3) is 10.6 Å². The Morgan fingerprint density at radius 3 is 2.91 bits per heavy atom. The molecule has 116 valence electrons. The van der Waals surface area contributed by atoms with E-state index < -0.39 is 0 Å². The van der Waals surface area contributed by atoms with Gasteiger partial charge >= 0.3 is 0 Å². The lowest BCUT2D eigenvalue weighted by atomic mass is 10.2. The molecule has 1 aromatic carbocycles. The predicted molar refractivity (Wildman–Crippen MR) is 89.1 cm³/mol. The fraction of sp³-hybridized carbons (Fsp3) is 0.0625. The van der Waals surface area contributed by atoms with Crippen molar-refractivity contribution < 1.29 is 9.18 Å². The number of halogens is 2. The molecule has 3 rings (SSSR count). The summed E-state index contributed by atoms with van der Waals surface area (Å²) in [5.41, 5.74) is 1.32. The molecule has 0 radical (unpaired) electrons. The Bertz CT molecular complexity index is 835. The fourth-order valence-electron chi connectivity index (χ4n) is 1.94. The van der Waals surface area contributed by atoms with Gasteiger partial charge in [-0.3, -0.25) is 4.79 Å². The number of aromatic nitrogens is 2. The van der Waals surface area contributed by atoms with Gasteiger partial charge in [0.1, 0.15) is 16.6 Å². The van der Waals surface area contributed by atoms with Crippen molar-refractivity contribution in [2.75, 3.05) is 5.32 Å². The van der Waals surface area contributed by atoms with Crippen molar-refractivity contribution in [3.05, 3.63) is 64.5 Å². The third-order valence-corrected chi connectivity index (χ3v) is 4.12. The normalized spacial score (nSPS) is 10.5. The van der Waals surface area contributed by atoms with Gasteiger partial charge in [0.05, 0.1) is 17.1 Å². The second kappa shape index (κ2) is 6.85. The number of thiazole rings is 1. The molecule has 0 saturated carbocycles. The zero-order valence-electron chi connectivity index (χ0n) is 11.8. The minimum atomic E-state index is -0.314. The molecule has 7 heteroatoms. The van der Waals surface area contributed by atoms with Crippen molar-refractivity contribution in [2.45, 2.75) is 6.42 Å². The molecule has 2 heterocycles. The van der Waals surface area contributed by atoms with Crippen LogP contribution in [0.5, 0.6) is 0 Å². The first-order chi connectivity index (χ1) is 11.1. The van der Waals surface area contributed by atoms with Gasteiger partial charge in [-0.1, -0.05) is 23.7 Å². The second-order valence-electron chi connectivity index (χ2n) is 4.74. The molecule has 0 aliphatic heterocycles. The quantitative estimate of drug-likeness (QED) is 0.770. The molecule has 1 amide bonds. The standard InChI is InChI=1S/C16H11ClFN3OS/c17-11-4-5-14(19-8-11)21-15(22)7-13-9-23-16(20-13)10-2-1-3-12(18)6-10/h1-6,8-9H,7H2,(H,19,21,22). The Hall–Kier alpha value is -2.31. The second-order valence-corrected chi connectivity index (χ2v) is 6.04. The van der Waals surface area contributed by atoms with Crippen molar-refractivity contribution in [1.82, 2.24) is 9.97 Å². The van der Waals surface area contributed by atoms with Crippen LogP contribution < -0.4 is 5.32 Å². The summed E-state index contributed by atoms with van der Waals surface area (Å²) in [6, 6.07) is 9.48. The minimum absolute atomic E-state index is 0.121. The monoisotopic (exact) mass is 347 g/mol. The van der Waals surface area contributed by atoms with E-state index in [9.17, 15) is 9.18 Å². The van der Waals surface area contributed by atoms with E-state index in [1.807, 2.05) is 0 Å². The average molecular weight is 348 g/mol. The highest BCUT2D eigenvalue weighted by atomic mass is 35.5. The first-order valence-electron chi connectivity index (χ1n) is 6.72. The summed E-state index contributed by atoms with van der Waals surface area (Å²) < 4.78 is 13.2. The molecule has 1 N–H and O–H groups in total. The number of hydrogen-bond acceptors (Lipinski definition) is 4. The lowest BCUT2D eigenvalue weighted by molar-refractivity contribution is -0.115. The number of nitrogens with zero attached hydrogens (tertiary/aromatic N) is 2. The Kier molecular flexibility index (Phi) is 4.64. The topological polar surface area (TPSA) is 54.9 Å². The van der Waals surface area contributed by atoms with E-state index in [1.54, 1.807) is 29.6 Å². The van der Waals surface area contributed by atoms with Crippen LogP contribution in [0.4, 0.5) is 10.2 Å². The summed E-state index contributed by atoms with van der Waals surface area (Å²) in [5.74, 6) is -0.110. The lowest BCUT2D eigenvalue weighted by Gasteiger charge is -2.02. The summed E-state index contributed by atoms with van der Waals surface area (Å²) in [4.78, 5) is 20.4. The van der Waals surface area contributed by atoms with Gasteiger partial charge in [0.25, 0.3) is 0 Å². The highest BCUT2D eigenvalue weighted by Crippen LogP contribution is 2.24. The number of nitrogens with one attached hydrogen (secondary N) is 1. The summed E-state index contributed by atoms with van der Waals surface area (Å²) in [7, 11) is 0. The Morgan fingerprint density at radius 2 is 2.17 bits per heavy atom. The van der Waals surface area contributed by atoms with Crippen molar-refractivity contribution >= 4 is 34.7 Å². The summed E-state index contributed by atoms with van der Waals surface area (Å²) in [5, 5.41) is 5.64. The van der Waals surface area contributed by atoms with E-state index in [4.69, 9.17) is 11.6 Å². The summed E-state index contributed by atoms with van der Waals surface area (Å²) in [6.45, 7) is 0. The minimum Gasteiger partial charge on any atom is -0.310 e. The third kappa shape index (κ3) is 4.12. The van der Waals surface area contributed by atoms with Crippen molar-refractivity contribution in [3.63, 3.8) is 0 Å². The molecular formula is C16H11ClFN3OS. The van der Waals surface area contributed by atoms with Crippen LogP contribution in [-0.2, 0) is 11.2 Å². The molecular weight excluding hydrogens is 337 g/mol. The van der Waals surface area contributed by atoms with E-state index in [1.165, 1.54) is 29.7 Å². The van der Waals surface area contributed by atoms with Gasteiger partial charge in [-0.2, -0.15) is 0 Å². The maximum atomic E-state index is 13.2. The molecule has 0 aliphatic rings. The molecule has 0 atom stereocenters. The van der Waals surface area contributed by atoms with Gasteiger partial charge < -0.3 is 5.32 Å². The van der Waals surface area contributed by atoms with Gasteiger partial charge in [-0.25, -0.2) is 14.4 Å². The third-order valence-electron chi connectivity index (χ3n) is 2.96. The van der Waals surface area contributed by atoms with Gasteiger partial charge in [0, 0.05) is 17.1 Å². The Morgan fingerprint density at radius 1 is 1.30 bits per heavy atom. The van der Waals surface area contributed by atoms with E-state index in [-0.39, 0.29) is 18.1 Å². The number of carbonyl (C=O) groups is 1. The number of pyridine rings is 1. The number of amides is 1. The molecule has 3 aromatic rings. The number of hydrogen-bond donors (Lipinski definition) is 1. The predicted octanol–water partition coefficient (Wildman–Crippen LogP) is 4.18. The van der Waals surface area contributed by atoms with Gasteiger partial charge in [0.15, 0.2) is 0 Å². The van der Waals surface area contributed by atoms with Crippen molar-refractivity contribution in [1.29, 1.82) is 0 Å². The molecule has 0 spiro atoms. The maximum Gasteiger partial charge on any atom is 0.231 e. The van der Waals surface area contributed by atoms with Crippen molar-refractivity contribution in [2.24, 2.45) is 0 Å². The average Bonchev–Trinajstić information content (AvgIpc) is 2.98. The molecule has 23 heavy (non-hydrogen) atoms. The maximum absolute atomic E-state index is 13.2. The van der Waals surface area contributed by atoms with Crippen LogP contribution in [0, 0.1) is 5.82 Å². The summed E-state index contributed by atoms with van der Waals surface area (Å²) >= 11 is 7.11. The van der Waals surface area contributed by atoms with Crippen LogP contribution in [-0.4, -0.2) is 15.9 Å². The van der Waals surface area contributed by atoms with E-state index >= 15 is 0 Å². The van der Waals surface area contributed by atoms with Crippen LogP contribution in [0.2, 0.25) is 5.02 Å². The largest absolute Gasteiger partial charge is 0.310 e. The van der Waals surface area contributed by atoms with Crippen LogP contribution in [0.1, 0.15) is 5.69 Å². The Labute approximate surface area is 141 Å². The van der Waals surface area contributed by atoms with E-state index in [0.717, 1.165) is 0 Å². The van der Waals surface area contributed by atoms with Crippen LogP contribution >= 0.6 is 22.9 Å². The number of benzene rings is 1. The van der Waals surface area contributed by atoms with Crippen molar-refractivity contribution in [3.8, 4) is 10.6 Å². The number of rotatable bonds is 4. The number of carbonyl (C=O) groups excluding carboxylic acids is 1. The van der Waals surface area contributed by atoms with E-state index in [2.05, 4.69) is 15.3 Å². The molecule has 2 aromatic heterocycles. The van der Waals surface area contributed by atoms with Crippen LogP contribution in [0.3, 0.4) is 0 Å². The zero-order chi connectivity index (χ0) is 16.2. The van der Waals surface area contributed by atoms with Crippen LogP contribution in [0.15, 0.2) is 48.0 Å². The molecule has 0 saturated heterocycles. The molecule has 4 nitrogen and oxygen atoms in total. The van der Waals surface area contributed by atoms with Gasteiger partial charge in [0.2, 0.25) is 5.91 Å². The van der Waals surface area contributed by atoms with Gasteiger partial charge in [-0.05, 0) is 24.3 Å². The summed E-state index contributed by atoms with van der Waals surface area (Å²) in [6.07, 6.45) is 1.58. The van der Waals surface area contributed by atoms with E-state index in [0.29, 0.717) is 27.1 Å². The SMILES string of the molecule is O=C(Cc1csc(-c2cccc(F)c2)n1)Nc1ccc(Cl)cn1. The lowest BCUT2D eigenvalue weighted by Crippen LogP contribution is -2.15. The fourth-order valence-corrected chi connectivity index (χ4v) is 2.87. The van der Waals surface area contributed by atoms with Gasteiger partial charge in [-0.15, -0.1) is 11.3 Å². The molecule has 0 aliphatic carbocycles. The zero-order valence-corrected chi connectivity index (χ0v) is 13.4. The smallest absolute Gasteiger partial charge is 0.231 e. The molecule has 0 unspecified atom stereocenters. The first-order valence-corrected chi connectivity index (χ1v) is 7.98. The highest BCUT2D eigenvalue weighted by molar-refractivity contribution is 7.13. The first kappa shape index (κ1) is 15.6. The highest BCUT2D eigenvalue weighted by Gasteiger charge is 2.10. The number of anilines is 1.